The molecule has 0 radical (unpaired) electrons. The molecular formula is C17H21ClN2O2. The van der Waals surface area contributed by atoms with Gasteiger partial charge in [-0.25, -0.2) is 0 Å². The van der Waals surface area contributed by atoms with Crippen LogP contribution in [0.4, 0.5) is 0 Å². The molecule has 22 heavy (non-hydrogen) atoms. The van der Waals surface area contributed by atoms with Crippen molar-refractivity contribution in [2.24, 2.45) is 0 Å². The minimum Gasteiger partial charge on any atom is -0.459 e. The van der Waals surface area contributed by atoms with E-state index in [0.29, 0.717) is 17.5 Å². The maximum atomic E-state index is 11.7. The average molecular weight is 321 g/mol. The van der Waals surface area contributed by atoms with Crippen molar-refractivity contribution < 1.29 is 9.21 Å². The fourth-order valence-corrected chi connectivity index (χ4v) is 3.21. The van der Waals surface area contributed by atoms with Gasteiger partial charge in [0.05, 0.1) is 6.04 Å². The van der Waals surface area contributed by atoms with E-state index in [2.05, 4.69) is 12.2 Å². The summed E-state index contributed by atoms with van der Waals surface area (Å²) in [6, 6.07) is 8.09. The third-order valence-corrected chi connectivity index (χ3v) is 4.49. The second-order valence-electron chi connectivity index (χ2n) is 5.90. The summed E-state index contributed by atoms with van der Waals surface area (Å²) in [5, 5.41) is 5.29. The Labute approximate surface area is 135 Å². The highest BCUT2D eigenvalue weighted by Gasteiger charge is 2.27. The first-order valence-corrected chi connectivity index (χ1v) is 8.17. The van der Waals surface area contributed by atoms with Crippen LogP contribution in [0.15, 0.2) is 28.7 Å². The lowest BCUT2D eigenvalue weighted by atomic mass is 10.2. The predicted molar refractivity (Wildman–Crippen MR) is 88.1 cm³/mol. The molecule has 118 valence electrons. The van der Waals surface area contributed by atoms with Crippen molar-refractivity contribution in [2.45, 2.75) is 38.8 Å². The fourth-order valence-electron chi connectivity index (χ4n) is 3.03. The first-order valence-electron chi connectivity index (χ1n) is 7.79. The summed E-state index contributed by atoms with van der Waals surface area (Å²) >= 11 is 6.01. The molecule has 2 heterocycles. The van der Waals surface area contributed by atoms with E-state index in [4.69, 9.17) is 16.0 Å². The topological polar surface area (TPSA) is 45.5 Å². The SMILES string of the molecule is CCC(=O)N1CCC(NC(C)c2cc3cc(Cl)ccc3o2)C1. The number of furan rings is 1. The monoisotopic (exact) mass is 320 g/mol. The highest BCUT2D eigenvalue weighted by Crippen LogP contribution is 2.27. The van der Waals surface area contributed by atoms with Gasteiger partial charge in [-0.3, -0.25) is 4.79 Å². The highest BCUT2D eigenvalue weighted by atomic mass is 35.5. The van der Waals surface area contributed by atoms with Crippen molar-refractivity contribution in [3.05, 3.63) is 35.0 Å². The maximum Gasteiger partial charge on any atom is 0.222 e. The molecule has 2 aromatic rings. The van der Waals surface area contributed by atoms with Gasteiger partial charge in [-0.1, -0.05) is 18.5 Å². The molecule has 3 rings (SSSR count). The van der Waals surface area contributed by atoms with E-state index < -0.39 is 0 Å². The minimum atomic E-state index is 0.104. The molecule has 0 saturated carbocycles. The van der Waals surface area contributed by atoms with Crippen molar-refractivity contribution in [1.82, 2.24) is 10.2 Å². The van der Waals surface area contributed by atoms with Crippen LogP contribution in [0.25, 0.3) is 11.0 Å². The molecule has 0 bridgehead atoms. The van der Waals surface area contributed by atoms with E-state index in [1.165, 1.54) is 0 Å². The smallest absolute Gasteiger partial charge is 0.222 e. The molecule has 0 spiro atoms. The fraction of sp³-hybridized carbons (Fsp3) is 0.471. The number of carbonyl (C=O) groups is 1. The standard InChI is InChI=1S/C17H21ClN2O2/c1-3-17(21)20-7-6-14(10-20)19-11(2)16-9-12-8-13(18)4-5-15(12)22-16/h4-5,8-9,11,14,19H,3,6-7,10H2,1-2H3. The normalized spacial score (nSPS) is 19.8. The lowest BCUT2D eigenvalue weighted by molar-refractivity contribution is -0.129. The van der Waals surface area contributed by atoms with Gasteiger partial charge in [0, 0.05) is 36.0 Å². The summed E-state index contributed by atoms with van der Waals surface area (Å²) in [6.07, 6.45) is 1.56. The zero-order valence-corrected chi connectivity index (χ0v) is 13.7. The highest BCUT2D eigenvalue weighted by molar-refractivity contribution is 6.31. The van der Waals surface area contributed by atoms with E-state index in [1.54, 1.807) is 0 Å². The zero-order valence-electron chi connectivity index (χ0n) is 12.9. The second-order valence-corrected chi connectivity index (χ2v) is 6.33. The number of fused-ring (bicyclic) bond motifs is 1. The number of halogens is 1. The number of amides is 1. The Morgan fingerprint density at radius 1 is 1.50 bits per heavy atom. The molecule has 0 aliphatic carbocycles. The molecule has 5 heteroatoms. The maximum absolute atomic E-state index is 11.7. The van der Waals surface area contributed by atoms with Crippen LogP contribution in [-0.4, -0.2) is 29.9 Å². The van der Waals surface area contributed by atoms with Gasteiger partial charge in [-0.2, -0.15) is 0 Å². The molecule has 4 nitrogen and oxygen atoms in total. The summed E-state index contributed by atoms with van der Waals surface area (Å²) in [4.78, 5) is 13.7. The van der Waals surface area contributed by atoms with Gasteiger partial charge in [0.15, 0.2) is 0 Å². The molecule has 1 aliphatic rings. The van der Waals surface area contributed by atoms with Gasteiger partial charge in [-0.05, 0) is 37.6 Å². The Bertz CT molecular complexity index is 682. The number of benzene rings is 1. The van der Waals surface area contributed by atoms with Crippen LogP contribution in [0.2, 0.25) is 5.02 Å². The number of likely N-dealkylation sites (tertiary alicyclic amines) is 1. The van der Waals surface area contributed by atoms with Gasteiger partial charge < -0.3 is 14.6 Å². The molecule has 1 fully saturated rings. The Balaban J connectivity index is 1.66. The molecule has 2 atom stereocenters. The lowest BCUT2D eigenvalue weighted by Crippen LogP contribution is -2.36. The predicted octanol–water partition coefficient (Wildman–Crippen LogP) is 3.75. The molecule has 1 amide bonds. The van der Waals surface area contributed by atoms with Crippen LogP contribution in [0.3, 0.4) is 0 Å². The lowest BCUT2D eigenvalue weighted by Gasteiger charge is -2.19. The zero-order chi connectivity index (χ0) is 15.7. The average Bonchev–Trinajstić information content (AvgIpc) is 3.12. The summed E-state index contributed by atoms with van der Waals surface area (Å²) in [6.45, 7) is 5.62. The number of nitrogens with zero attached hydrogens (tertiary/aromatic N) is 1. The first kappa shape index (κ1) is 15.4. The van der Waals surface area contributed by atoms with Crippen LogP contribution in [0.5, 0.6) is 0 Å². The molecule has 1 aromatic carbocycles. The van der Waals surface area contributed by atoms with Gasteiger partial charge in [0.25, 0.3) is 0 Å². The quantitative estimate of drug-likeness (QED) is 0.933. The van der Waals surface area contributed by atoms with E-state index in [-0.39, 0.29) is 11.9 Å². The molecule has 1 N–H and O–H groups in total. The van der Waals surface area contributed by atoms with Crippen LogP contribution in [0, 0.1) is 0 Å². The Morgan fingerprint density at radius 2 is 2.32 bits per heavy atom. The molecule has 2 unspecified atom stereocenters. The summed E-state index contributed by atoms with van der Waals surface area (Å²) < 4.78 is 5.89. The van der Waals surface area contributed by atoms with Crippen molar-refractivity contribution in [1.29, 1.82) is 0 Å². The van der Waals surface area contributed by atoms with Gasteiger partial charge in [-0.15, -0.1) is 0 Å². The molecule has 1 aliphatic heterocycles. The Kier molecular flexibility index (Phi) is 4.41. The Hall–Kier alpha value is -1.52. The van der Waals surface area contributed by atoms with E-state index in [1.807, 2.05) is 36.1 Å². The van der Waals surface area contributed by atoms with Crippen LogP contribution >= 0.6 is 11.6 Å². The third kappa shape index (κ3) is 3.13. The second kappa shape index (κ2) is 6.31. The van der Waals surface area contributed by atoms with Crippen molar-refractivity contribution in [3.63, 3.8) is 0 Å². The number of nitrogens with one attached hydrogen (secondary N) is 1. The van der Waals surface area contributed by atoms with Crippen LogP contribution in [-0.2, 0) is 4.79 Å². The largest absolute Gasteiger partial charge is 0.459 e. The minimum absolute atomic E-state index is 0.104. The molecule has 1 saturated heterocycles. The van der Waals surface area contributed by atoms with Gasteiger partial charge in [0.2, 0.25) is 5.91 Å². The van der Waals surface area contributed by atoms with Gasteiger partial charge in [0.1, 0.15) is 11.3 Å². The summed E-state index contributed by atoms with van der Waals surface area (Å²) in [5.41, 5.74) is 0.849. The van der Waals surface area contributed by atoms with E-state index in [9.17, 15) is 4.79 Å². The number of hydrogen-bond acceptors (Lipinski definition) is 3. The van der Waals surface area contributed by atoms with E-state index in [0.717, 1.165) is 36.2 Å². The summed E-state index contributed by atoms with van der Waals surface area (Å²) in [5.74, 6) is 1.13. The third-order valence-electron chi connectivity index (χ3n) is 4.25. The molecule has 1 aromatic heterocycles. The van der Waals surface area contributed by atoms with Crippen molar-refractivity contribution in [3.8, 4) is 0 Å². The number of rotatable bonds is 4. The summed E-state index contributed by atoms with van der Waals surface area (Å²) in [7, 11) is 0. The first-order chi connectivity index (χ1) is 10.6. The molecular weight excluding hydrogens is 300 g/mol. The number of carbonyl (C=O) groups excluding carboxylic acids is 1. The Morgan fingerprint density at radius 3 is 3.09 bits per heavy atom. The van der Waals surface area contributed by atoms with Crippen molar-refractivity contribution in [2.75, 3.05) is 13.1 Å². The van der Waals surface area contributed by atoms with Crippen LogP contribution < -0.4 is 5.32 Å². The van der Waals surface area contributed by atoms with Gasteiger partial charge >= 0.3 is 0 Å². The van der Waals surface area contributed by atoms with E-state index >= 15 is 0 Å². The van der Waals surface area contributed by atoms with Crippen molar-refractivity contribution >= 4 is 28.5 Å². The van der Waals surface area contributed by atoms with Crippen LogP contribution in [0.1, 0.15) is 38.5 Å². The number of hydrogen-bond donors (Lipinski definition) is 1.